The maximum absolute atomic E-state index is 12.1. The molecular formula is C18H18N6O2. The highest BCUT2D eigenvalue weighted by Crippen LogP contribution is 2.25. The van der Waals surface area contributed by atoms with Gasteiger partial charge < -0.3 is 4.74 Å². The normalized spacial score (nSPS) is 11.0. The second-order valence-corrected chi connectivity index (χ2v) is 6.43. The van der Waals surface area contributed by atoms with Gasteiger partial charge in [0.15, 0.2) is 0 Å². The van der Waals surface area contributed by atoms with Crippen LogP contribution in [-0.2, 0) is 4.74 Å². The topological polar surface area (TPSA) is 103 Å². The Bertz CT molecular complexity index is 837. The van der Waals surface area contributed by atoms with E-state index >= 15 is 0 Å². The fraction of sp³-hybridized carbons (Fsp3) is 0.222. The Morgan fingerprint density at radius 3 is 1.85 bits per heavy atom. The average molecular weight is 350 g/mol. The zero-order chi connectivity index (χ0) is 18.6. The van der Waals surface area contributed by atoms with E-state index in [9.17, 15) is 4.79 Å². The maximum atomic E-state index is 12.1. The van der Waals surface area contributed by atoms with Gasteiger partial charge in [-0.1, -0.05) is 0 Å². The number of ether oxygens (including phenoxy) is 1. The molecule has 8 nitrogen and oxygen atoms in total. The minimum Gasteiger partial charge on any atom is -0.444 e. The third-order valence-corrected chi connectivity index (χ3v) is 3.12. The third-order valence-electron chi connectivity index (χ3n) is 3.12. The van der Waals surface area contributed by atoms with E-state index in [-0.39, 0.29) is 0 Å². The Labute approximate surface area is 150 Å². The number of carbonyl (C=O) groups is 1. The first-order valence-corrected chi connectivity index (χ1v) is 7.95. The molecule has 3 heterocycles. The molecule has 3 aromatic heterocycles. The molecule has 8 heteroatoms. The predicted octanol–water partition coefficient (Wildman–Crippen LogP) is 3.34. The van der Waals surface area contributed by atoms with Crippen LogP contribution in [0.5, 0.6) is 0 Å². The predicted molar refractivity (Wildman–Crippen MR) is 96.1 cm³/mol. The number of carbonyl (C=O) groups excluding carboxylic acids is 1. The van der Waals surface area contributed by atoms with E-state index in [0.717, 1.165) is 0 Å². The summed E-state index contributed by atoms with van der Waals surface area (Å²) >= 11 is 0. The van der Waals surface area contributed by atoms with Gasteiger partial charge >= 0.3 is 6.09 Å². The number of anilines is 1. The van der Waals surface area contributed by atoms with Crippen LogP contribution in [0.1, 0.15) is 20.8 Å². The average Bonchev–Trinajstić information content (AvgIpc) is 2.61. The molecule has 132 valence electrons. The highest BCUT2D eigenvalue weighted by atomic mass is 16.6. The summed E-state index contributed by atoms with van der Waals surface area (Å²) in [4.78, 5) is 33.3. The molecule has 0 fully saturated rings. The van der Waals surface area contributed by atoms with Gasteiger partial charge in [0.1, 0.15) is 17.0 Å². The number of hydrogen-bond donors (Lipinski definition) is 1. The van der Waals surface area contributed by atoms with E-state index in [1.165, 1.54) is 0 Å². The highest BCUT2D eigenvalue weighted by Gasteiger charge is 2.17. The van der Waals surface area contributed by atoms with Gasteiger partial charge in [-0.2, -0.15) is 0 Å². The zero-order valence-electron chi connectivity index (χ0n) is 14.7. The van der Waals surface area contributed by atoms with Crippen LogP contribution in [0.2, 0.25) is 0 Å². The number of rotatable bonds is 3. The monoisotopic (exact) mass is 350 g/mol. The lowest BCUT2D eigenvalue weighted by Gasteiger charge is -2.20. The van der Waals surface area contributed by atoms with E-state index in [1.807, 2.05) is 0 Å². The van der Waals surface area contributed by atoms with Crippen molar-refractivity contribution in [1.29, 1.82) is 0 Å². The minimum atomic E-state index is -0.599. The number of hydrogen-bond acceptors (Lipinski definition) is 7. The van der Waals surface area contributed by atoms with E-state index in [2.05, 4.69) is 30.2 Å². The quantitative estimate of drug-likeness (QED) is 0.772. The minimum absolute atomic E-state index is 0.510. The van der Waals surface area contributed by atoms with Crippen LogP contribution >= 0.6 is 0 Å². The molecule has 0 aliphatic heterocycles. The molecule has 1 N–H and O–H groups in total. The number of pyridine rings is 1. The fourth-order valence-corrected chi connectivity index (χ4v) is 2.15. The van der Waals surface area contributed by atoms with Crippen LogP contribution in [0.4, 0.5) is 10.5 Å². The SMILES string of the molecule is CC(C)(C)OC(=O)Nc1cc(-c2cnccn2)nc(-c2cnccn2)c1. The van der Waals surface area contributed by atoms with E-state index in [1.54, 1.807) is 70.1 Å². The third kappa shape index (κ3) is 4.56. The van der Waals surface area contributed by atoms with Crippen molar-refractivity contribution in [2.45, 2.75) is 26.4 Å². The van der Waals surface area contributed by atoms with Crippen molar-refractivity contribution in [1.82, 2.24) is 24.9 Å². The molecule has 0 aromatic carbocycles. The Morgan fingerprint density at radius 2 is 1.42 bits per heavy atom. The summed E-state index contributed by atoms with van der Waals surface area (Å²) in [6, 6.07) is 3.40. The van der Waals surface area contributed by atoms with E-state index in [4.69, 9.17) is 4.74 Å². The van der Waals surface area contributed by atoms with Crippen LogP contribution in [0.3, 0.4) is 0 Å². The first kappa shape index (κ1) is 17.4. The summed E-state index contributed by atoms with van der Waals surface area (Å²) in [7, 11) is 0. The van der Waals surface area contributed by atoms with Gasteiger partial charge in [0, 0.05) is 30.5 Å². The van der Waals surface area contributed by atoms with Gasteiger partial charge in [-0.25, -0.2) is 9.78 Å². The van der Waals surface area contributed by atoms with Crippen LogP contribution in [0, 0.1) is 0 Å². The van der Waals surface area contributed by atoms with Gasteiger partial charge in [-0.15, -0.1) is 0 Å². The second-order valence-electron chi connectivity index (χ2n) is 6.43. The smallest absolute Gasteiger partial charge is 0.412 e. The molecule has 0 aliphatic carbocycles. The first-order chi connectivity index (χ1) is 12.4. The molecule has 3 rings (SSSR count). The molecule has 26 heavy (non-hydrogen) atoms. The Balaban J connectivity index is 1.99. The van der Waals surface area contributed by atoms with Gasteiger partial charge in [0.25, 0.3) is 0 Å². The summed E-state index contributed by atoms with van der Waals surface area (Å²) in [6.45, 7) is 5.40. The largest absolute Gasteiger partial charge is 0.444 e. The summed E-state index contributed by atoms with van der Waals surface area (Å²) in [5.41, 5.74) is 2.16. The molecule has 0 bridgehead atoms. The van der Waals surface area contributed by atoms with Gasteiger partial charge in [0.2, 0.25) is 0 Å². The Hall–Kier alpha value is -3.42. The number of aromatic nitrogens is 5. The van der Waals surface area contributed by atoms with Crippen molar-refractivity contribution >= 4 is 11.8 Å². The van der Waals surface area contributed by atoms with Crippen LogP contribution in [0.15, 0.2) is 49.3 Å². The lowest BCUT2D eigenvalue weighted by molar-refractivity contribution is 0.0636. The molecule has 0 saturated heterocycles. The van der Waals surface area contributed by atoms with E-state index < -0.39 is 11.7 Å². The van der Waals surface area contributed by atoms with Crippen LogP contribution in [0.25, 0.3) is 22.8 Å². The molecule has 0 radical (unpaired) electrons. The van der Waals surface area contributed by atoms with Crippen molar-refractivity contribution in [2.75, 3.05) is 5.32 Å². The summed E-state index contributed by atoms with van der Waals surface area (Å²) < 4.78 is 5.31. The first-order valence-electron chi connectivity index (χ1n) is 7.95. The van der Waals surface area contributed by atoms with Crippen molar-refractivity contribution in [2.24, 2.45) is 0 Å². The molecular weight excluding hydrogens is 332 g/mol. The summed E-state index contributed by atoms with van der Waals surface area (Å²) in [6.07, 6.45) is 8.95. The Kier molecular flexibility index (Phi) is 4.83. The fourth-order valence-electron chi connectivity index (χ4n) is 2.15. The molecule has 0 spiro atoms. The molecule has 3 aromatic rings. The highest BCUT2D eigenvalue weighted by molar-refractivity contribution is 5.86. The Morgan fingerprint density at radius 1 is 0.885 bits per heavy atom. The van der Waals surface area contributed by atoms with Crippen LogP contribution < -0.4 is 5.32 Å². The molecule has 0 aliphatic rings. The van der Waals surface area contributed by atoms with Gasteiger partial charge in [-0.3, -0.25) is 25.3 Å². The molecule has 1 amide bonds. The van der Waals surface area contributed by atoms with Gasteiger partial charge in [0.05, 0.1) is 23.8 Å². The van der Waals surface area contributed by atoms with E-state index in [0.29, 0.717) is 28.5 Å². The maximum Gasteiger partial charge on any atom is 0.412 e. The van der Waals surface area contributed by atoms with Crippen molar-refractivity contribution < 1.29 is 9.53 Å². The van der Waals surface area contributed by atoms with Crippen LogP contribution in [-0.4, -0.2) is 36.6 Å². The lowest BCUT2D eigenvalue weighted by Crippen LogP contribution is -2.27. The molecule has 0 unspecified atom stereocenters. The summed E-state index contributed by atoms with van der Waals surface area (Å²) in [5, 5.41) is 2.72. The zero-order valence-corrected chi connectivity index (χ0v) is 14.7. The summed E-state index contributed by atoms with van der Waals surface area (Å²) in [5.74, 6) is 0. The lowest BCUT2D eigenvalue weighted by atomic mass is 10.2. The number of nitrogens with one attached hydrogen (secondary N) is 1. The molecule has 0 atom stereocenters. The van der Waals surface area contributed by atoms with Crippen molar-refractivity contribution in [3.05, 3.63) is 49.3 Å². The molecule has 0 saturated carbocycles. The standard InChI is InChI=1S/C18H18N6O2/c1-18(2,3)26-17(25)23-12-8-13(15-10-19-4-6-21-15)24-14(9-12)16-11-20-5-7-22-16/h4-11H,1-3H3,(H,23,24,25). The van der Waals surface area contributed by atoms with Gasteiger partial charge in [-0.05, 0) is 32.9 Å². The van der Waals surface area contributed by atoms with Crippen molar-refractivity contribution in [3.63, 3.8) is 0 Å². The number of amides is 1. The number of nitrogens with zero attached hydrogens (tertiary/aromatic N) is 5. The van der Waals surface area contributed by atoms with Crippen molar-refractivity contribution in [3.8, 4) is 22.8 Å². The second kappa shape index (κ2) is 7.22.